The van der Waals surface area contributed by atoms with Crippen molar-refractivity contribution in [1.29, 1.82) is 0 Å². The van der Waals surface area contributed by atoms with Gasteiger partial charge < -0.3 is 5.32 Å². The molecule has 1 fully saturated rings. The van der Waals surface area contributed by atoms with Gasteiger partial charge in [0.05, 0.1) is 5.56 Å². The lowest BCUT2D eigenvalue weighted by Crippen LogP contribution is -2.48. The van der Waals surface area contributed by atoms with Crippen LogP contribution in [0.3, 0.4) is 0 Å². The van der Waals surface area contributed by atoms with Crippen LogP contribution in [-0.2, 0) is 20.8 Å². The number of carbonyl (C=O) groups is 1. The molecule has 23 heavy (non-hydrogen) atoms. The monoisotopic (exact) mass is 349 g/mol. The van der Waals surface area contributed by atoms with Gasteiger partial charge in [-0.05, 0) is 31.9 Å². The summed E-state index contributed by atoms with van der Waals surface area (Å²) in [7, 11) is -3.59. The molecule has 0 radical (unpaired) electrons. The van der Waals surface area contributed by atoms with Crippen LogP contribution in [0.25, 0.3) is 0 Å². The molecule has 1 N–H and O–H groups in total. The third-order valence-corrected chi connectivity index (χ3v) is 6.26. The van der Waals surface area contributed by atoms with Gasteiger partial charge in [0.2, 0.25) is 5.91 Å². The Morgan fingerprint density at radius 3 is 2.39 bits per heavy atom. The van der Waals surface area contributed by atoms with Gasteiger partial charge in [-0.25, -0.2) is 8.42 Å². The van der Waals surface area contributed by atoms with Crippen molar-refractivity contribution >= 4 is 15.7 Å². The van der Waals surface area contributed by atoms with Gasteiger partial charge in [0, 0.05) is 18.2 Å². The molecule has 0 unspecified atom stereocenters. The fourth-order valence-electron chi connectivity index (χ4n) is 2.18. The maximum atomic E-state index is 12.7. The molecule has 0 spiro atoms. The molecule has 4 nitrogen and oxygen atoms in total. The highest BCUT2D eigenvalue weighted by molar-refractivity contribution is 7.92. The van der Waals surface area contributed by atoms with Crippen molar-refractivity contribution in [3.8, 4) is 0 Å². The van der Waals surface area contributed by atoms with Crippen molar-refractivity contribution in [2.75, 3.05) is 6.26 Å². The molecule has 1 aromatic carbocycles. The van der Waals surface area contributed by atoms with E-state index in [1.54, 1.807) is 6.07 Å². The summed E-state index contributed by atoms with van der Waals surface area (Å²) < 4.78 is 59.8. The minimum Gasteiger partial charge on any atom is -0.351 e. The molecule has 1 aliphatic carbocycles. The van der Waals surface area contributed by atoms with Crippen LogP contribution in [0.1, 0.15) is 37.3 Å². The third-order valence-electron chi connectivity index (χ3n) is 4.22. The molecule has 8 heteroatoms. The van der Waals surface area contributed by atoms with Gasteiger partial charge in [-0.3, -0.25) is 4.79 Å². The van der Waals surface area contributed by atoms with Crippen LogP contribution in [0, 0.1) is 0 Å². The second kappa shape index (κ2) is 5.51. The van der Waals surface area contributed by atoms with E-state index in [-0.39, 0.29) is 12.0 Å². The maximum absolute atomic E-state index is 12.7. The maximum Gasteiger partial charge on any atom is 0.416 e. The van der Waals surface area contributed by atoms with Gasteiger partial charge in [0.15, 0.2) is 9.84 Å². The molecule has 0 heterocycles. The fraction of sp³-hybridized carbons (Fsp3) is 0.533. The van der Waals surface area contributed by atoms with E-state index < -0.39 is 32.2 Å². The summed E-state index contributed by atoms with van der Waals surface area (Å²) in [6, 6.07) is 4.63. The minimum absolute atomic E-state index is 0.225. The Balaban J connectivity index is 2.08. The second-order valence-electron chi connectivity index (χ2n) is 6.33. The molecule has 1 saturated carbocycles. The summed E-state index contributed by atoms with van der Waals surface area (Å²) in [6.07, 6.45) is -2.95. The van der Waals surface area contributed by atoms with Crippen LogP contribution in [0.2, 0.25) is 0 Å². The van der Waals surface area contributed by atoms with E-state index in [4.69, 9.17) is 0 Å². The average molecular weight is 349 g/mol. The fourth-order valence-corrected chi connectivity index (χ4v) is 2.57. The van der Waals surface area contributed by atoms with Crippen LogP contribution >= 0.6 is 0 Å². The first-order chi connectivity index (χ1) is 10.3. The first-order valence-electron chi connectivity index (χ1n) is 7.02. The normalized spacial score (nSPS) is 21.8. The number of nitrogens with one attached hydrogen (secondary N) is 1. The molecule has 2 atom stereocenters. The number of hydrogen-bond acceptors (Lipinski definition) is 3. The van der Waals surface area contributed by atoms with Crippen LogP contribution in [0.5, 0.6) is 0 Å². The number of hydrogen-bond donors (Lipinski definition) is 1. The largest absolute Gasteiger partial charge is 0.416 e. The topological polar surface area (TPSA) is 63.2 Å². The number of carbonyl (C=O) groups excluding carboxylic acids is 1. The molecule has 2 rings (SSSR count). The van der Waals surface area contributed by atoms with Gasteiger partial charge in [0.1, 0.15) is 4.75 Å². The standard InChI is InChI=1S/C15H18F3NO3S/c1-14(2,23(3,21)22)13(20)19-12-8-11(12)9-5-4-6-10(7-9)15(16,17)18/h4-7,11-12H,8H2,1-3H3,(H,19,20)/t11-,12-/m1/s1. The van der Waals surface area contributed by atoms with Crippen molar-refractivity contribution in [2.45, 2.75) is 43.2 Å². The molecule has 0 aliphatic heterocycles. The van der Waals surface area contributed by atoms with Crippen molar-refractivity contribution in [2.24, 2.45) is 0 Å². The number of benzene rings is 1. The van der Waals surface area contributed by atoms with E-state index in [1.165, 1.54) is 19.9 Å². The zero-order valence-electron chi connectivity index (χ0n) is 12.9. The van der Waals surface area contributed by atoms with Crippen LogP contribution in [-0.4, -0.2) is 31.4 Å². The summed E-state index contributed by atoms with van der Waals surface area (Å²) in [6.45, 7) is 2.61. The quantitative estimate of drug-likeness (QED) is 0.908. The summed E-state index contributed by atoms with van der Waals surface area (Å²) in [5, 5.41) is 2.61. The Labute approximate surface area is 133 Å². The smallest absolute Gasteiger partial charge is 0.351 e. The highest BCUT2D eigenvalue weighted by atomic mass is 32.2. The summed E-state index contributed by atoms with van der Waals surface area (Å²) >= 11 is 0. The minimum atomic E-state index is -4.41. The predicted molar refractivity (Wildman–Crippen MR) is 79.7 cm³/mol. The van der Waals surface area contributed by atoms with E-state index in [9.17, 15) is 26.4 Å². The Hall–Kier alpha value is -1.57. The SMILES string of the molecule is CC(C)(C(=O)N[C@@H]1C[C@@H]1c1cccc(C(F)(F)F)c1)S(C)(=O)=O. The number of rotatable bonds is 4. The lowest BCUT2D eigenvalue weighted by molar-refractivity contribution is -0.137. The molecular formula is C15H18F3NO3S. The highest BCUT2D eigenvalue weighted by Gasteiger charge is 2.45. The van der Waals surface area contributed by atoms with E-state index >= 15 is 0 Å². The van der Waals surface area contributed by atoms with E-state index in [0.717, 1.165) is 18.4 Å². The van der Waals surface area contributed by atoms with E-state index in [0.29, 0.717) is 12.0 Å². The summed E-state index contributed by atoms with van der Waals surface area (Å²) in [4.78, 5) is 12.1. The number of halogens is 3. The summed E-state index contributed by atoms with van der Waals surface area (Å²) in [5.41, 5.74) is -0.245. The Kier molecular flexibility index (Phi) is 4.26. The molecule has 1 amide bonds. The summed E-state index contributed by atoms with van der Waals surface area (Å²) in [5.74, 6) is -0.865. The lowest BCUT2D eigenvalue weighted by atomic mass is 10.1. The lowest BCUT2D eigenvalue weighted by Gasteiger charge is -2.21. The molecule has 1 aliphatic rings. The van der Waals surface area contributed by atoms with Gasteiger partial charge in [-0.1, -0.05) is 18.2 Å². The first-order valence-corrected chi connectivity index (χ1v) is 8.91. The van der Waals surface area contributed by atoms with Crippen molar-refractivity contribution in [3.05, 3.63) is 35.4 Å². The molecule has 1 aromatic rings. The number of alkyl halides is 3. The average Bonchev–Trinajstić information content (AvgIpc) is 3.15. The van der Waals surface area contributed by atoms with Gasteiger partial charge in [0.25, 0.3) is 0 Å². The molecule has 0 saturated heterocycles. The van der Waals surface area contributed by atoms with E-state index in [1.807, 2.05) is 0 Å². The Bertz CT molecular complexity index is 726. The van der Waals surface area contributed by atoms with Gasteiger partial charge >= 0.3 is 6.18 Å². The van der Waals surface area contributed by atoms with Gasteiger partial charge in [-0.15, -0.1) is 0 Å². The molecule has 0 bridgehead atoms. The Morgan fingerprint density at radius 1 is 1.26 bits per heavy atom. The van der Waals surface area contributed by atoms with Crippen molar-refractivity contribution in [3.63, 3.8) is 0 Å². The van der Waals surface area contributed by atoms with Crippen molar-refractivity contribution in [1.82, 2.24) is 5.32 Å². The zero-order valence-corrected chi connectivity index (χ0v) is 13.8. The second-order valence-corrected chi connectivity index (χ2v) is 8.89. The van der Waals surface area contributed by atoms with E-state index in [2.05, 4.69) is 5.32 Å². The van der Waals surface area contributed by atoms with Crippen LogP contribution in [0.4, 0.5) is 13.2 Å². The number of sulfone groups is 1. The van der Waals surface area contributed by atoms with Crippen molar-refractivity contribution < 1.29 is 26.4 Å². The van der Waals surface area contributed by atoms with Gasteiger partial charge in [-0.2, -0.15) is 13.2 Å². The van der Waals surface area contributed by atoms with Crippen LogP contribution < -0.4 is 5.32 Å². The first kappa shape index (κ1) is 17.8. The Morgan fingerprint density at radius 2 is 1.87 bits per heavy atom. The number of amides is 1. The zero-order chi connectivity index (χ0) is 17.6. The predicted octanol–water partition coefficient (Wildman–Crippen LogP) is 2.50. The molecule has 0 aromatic heterocycles. The third kappa shape index (κ3) is 3.68. The highest BCUT2D eigenvalue weighted by Crippen LogP contribution is 2.42. The molecular weight excluding hydrogens is 331 g/mol. The van der Waals surface area contributed by atoms with Crippen LogP contribution in [0.15, 0.2) is 24.3 Å². The molecule has 128 valence electrons.